The number of benzene rings is 3. The van der Waals surface area contributed by atoms with E-state index in [0.717, 1.165) is 45.1 Å². The first-order chi connectivity index (χ1) is 50.5. The lowest BCUT2D eigenvalue weighted by Gasteiger charge is -2.40. The van der Waals surface area contributed by atoms with Crippen LogP contribution in [0.1, 0.15) is 162 Å². The Morgan fingerprint density at radius 1 is 0.500 bits per heavy atom. The summed E-state index contributed by atoms with van der Waals surface area (Å²) in [5, 5.41) is 40.1. The van der Waals surface area contributed by atoms with Gasteiger partial charge in [-0.2, -0.15) is 0 Å². The zero-order chi connectivity index (χ0) is 79.7. The molecule has 4 N–H and O–H groups in total. The summed E-state index contributed by atoms with van der Waals surface area (Å²) >= 11 is 37.1. The van der Waals surface area contributed by atoms with Crippen molar-refractivity contribution in [1.29, 1.82) is 0 Å². The van der Waals surface area contributed by atoms with Crippen LogP contribution in [-0.4, -0.2) is 208 Å². The van der Waals surface area contributed by atoms with E-state index in [1.54, 1.807) is 54.6 Å². The number of fused-ring (bicyclic) bond motifs is 3. The summed E-state index contributed by atoms with van der Waals surface area (Å²) in [6, 6.07) is 14.2. The molecule has 9 saturated heterocycles. The molecule has 3 aromatic carbocycles. The van der Waals surface area contributed by atoms with Crippen molar-refractivity contribution in [2.75, 3.05) is 80.2 Å². The van der Waals surface area contributed by atoms with E-state index < -0.39 is 80.4 Å². The Bertz CT molecular complexity index is 3610. The number of likely N-dealkylation sites (tertiary alicyclic amines) is 2. The molecule has 0 aliphatic carbocycles. The van der Waals surface area contributed by atoms with Crippen molar-refractivity contribution in [3.05, 3.63) is 122 Å². The van der Waals surface area contributed by atoms with Gasteiger partial charge in [0.2, 0.25) is 13.1 Å². The lowest BCUT2D eigenvalue weighted by atomic mass is 9.64. The fourth-order valence-electron chi connectivity index (χ4n) is 18.1. The van der Waals surface area contributed by atoms with Crippen molar-refractivity contribution in [3.63, 3.8) is 0 Å². The average Bonchev–Trinajstić information content (AvgIpc) is 1.55. The second-order valence-electron chi connectivity index (χ2n) is 33.2. The maximum absolute atomic E-state index is 13.5. The van der Waals surface area contributed by atoms with Crippen LogP contribution in [0.15, 0.2) is 54.6 Å². The maximum Gasteiger partial charge on any atom is 0.457 e. The molecule has 108 heavy (non-hydrogen) atoms. The van der Waals surface area contributed by atoms with Gasteiger partial charge in [-0.3, -0.25) is 40.1 Å². The van der Waals surface area contributed by atoms with Gasteiger partial charge in [-0.05, 0) is 197 Å². The number of aldehydes is 1. The molecular formula is C74H107B3Cl6N8O17. The Labute approximate surface area is 666 Å². The molecule has 1 unspecified atom stereocenters. The van der Waals surface area contributed by atoms with Crippen LogP contribution in [0.25, 0.3) is 0 Å². The van der Waals surface area contributed by atoms with Gasteiger partial charge in [0.1, 0.15) is 22.7 Å². The number of hydrogen-bond donors (Lipinski definition) is 4. The number of methoxy groups -OCH3 is 3. The minimum Gasteiger partial charge on any atom is -0.468 e. The van der Waals surface area contributed by atoms with E-state index in [1.165, 1.54) is 21.3 Å². The molecule has 3 aromatic rings. The zero-order valence-corrected chi connectivity index (χ0v) is 69.5. The highest BCUT2D eigenvalue weighted by Gasteiger charge is 2.73. The van der Waals surface area contributed by atoms with Crippen LogP contribution in [0, 0.1) is 36.5 Å². The van der Waals surface area contributed by atoms with E-state index in [1.807, 2.05) is 65.2 Å². The lowest BCUT2D eigenvalue weighted by molar-refractivity contribution is -0.489. The predicted molar refractivity (Wildman–Crippen MR) is 420 cm³/mol. The number of nitrogens with zero attached hydrogens (tertiary/aromatic N) is 4. The summed E-state index contributed by atoms with van der Waals surface area (Å²) in [6.45, 7) is 28.5. The molecule has 0 aromatic heterocycles. The first kappa shape index (κ1) is 88.0. The number of hydrogen-bond acceptors (Lipinski definition) is 23. The van der Waals surface area contributed by atoms with Crippen LogP contribution >= 0.6 is 69.6 Å². The Balaban J connectivity index is 0.000000178. The smallest absolute Gasteiger partial charge is 0.457 e. The Morgan fingerprint density at radius 3 is 1.28 bits per heavy atom. The maximum atomic E-state index is 13.5. The van der Waals surface area contributed by atoms with E-state index in [9.17, 15) is 39.4 Å². The number of nitro groups is 2. The van der Waals surface area contributed by atoms with Crippen LogP contribution in [0.3, 0.4) is 0 Å². The molecule has 0 radical (unpaired) electrons. The third kappa shape index (κ3) is 17.1. The summed E-state index contributed by atoms with van der Waals surface area (Å²) < 4.78 is 52.6. The van der Waals surface area contributed by atoms with Crippen molar-refractivity contribution in [1.82, 2.24) is 31.1 Å². The van der Waals surface area contributed by atoms with Crippen LogP contribution in [0.2, 0.25) is 49.1 Å². The molecule has 25 nitrogen and oxygen atoms in total. The van der Waals surface area contributed by atoms with Gasteiger partial charge in [0.25, 0.3) is 0 Å². The Kier molecular flexibility index (Phi) is 27.9. The average molecular weight is 1630 g/mol. The van der Waals surface area contributed by atoms with Crippen LogP contribution < -0.4 is 21.3 Å². The molecule has 34 heteroatoms. The number of carbonyl (C=O) groups excluding carboxylic acids is 4. The van der Waals surface area contributed by atoms with Crippen LogP contribution in [-0.2, 0) is 69.6 Å². The van der Waals surface area contributed by atoms with Gasteiger partial charge in [-0.15, -0.1) is 0 Å². The fraction of sp³-hybridized carbons (Fsp3) is 0.703. The number of esters is 3. The predicted octanol–water partition coefficient (Wildman–Crippen LogP) is 12.6. The van der Waals surface area contributed by atoms with Crippen molar-refractivity contribution < 1.29 is 71.2 Å². The summed E-state index contributed by atoms with van der Waals surface area (Å²) in [4.78, 5) is 76.7. The summed E-state index contributed by atoms with van der Waals surface area (Å²) in [5.41, 5.74) is -4.78. The van der Waals surface area contributed by atoms with Crippen molar-refractivity contribution in [2.45, 2.75) is 235 Å². The first-order valence-electron chi connectivity index (χ1n) is 37.3. The number of rotatable bonds is 24. The minimum absolute atomic E-state index is 0.0657. The van der Waals surface area contributed by atoms with Crippen molar-refractivity contribution >= 4 is 115 Å². The second kappa shape index (κ2) is 34.2. The standard InChI is InChI=1S/2C25H36BCl2N3O6.C17H31BN2O4.C7H4Cl2O/c1-22(2)23(3,4)37-26(36-22)12-7-10-24-11-13-29-25(24,21(32)35-5)16-30(20(24)15-31(33)34)14-17-18(27)8-6-9-19(17)28;1-22(2)23(3,4)37-26(36-22)12-7-10-24-11-13-29-25(24,21(32)35-5)20(15-31(33)34)30(16-24)14-17-18(27)8-6-9-19(17)28;1-14(2)15(3,4)24-18(23-14)9-6-7-16-8-10-20-17(16,12-19-11-16)13(21)22-5;8-6-2-1-3-7(9)5(6)4-10/h2*6,8-9,20,29H,7,10-16H2,1-5H3;19-20H,6-12H2,1-5H3;1-4H/t20?,24-,25-;20-,24-,25-;16-,17-;/m111./s1. The Morgan fingerprint density at radius 2 is 0.861 bits per heavy atom. The molecule has 9 aliphatic heterocycles. The molecule has 0 bridgehead atoms. The van der Waals surface area contributed by atoms with Gasteiger partial charge in [-0.1, -0.05) is 107 Å². The minimum atomic E-state index is -1.22. The van der Waals surface area contributed by atoms with E-state index in [0.29, 0.717) is 124 Å². The van der Waals surface area contributed by atoms with Gasteiger partial charge >= 0.3 is 39.3 Å². The van der Waals surface area contributed by atoms with Gasteiger partial charge in [-0.25, -0.2) is 14.4 Å². The molecule has 9 aliphatic rings. The number of ether oxygens (including phenoxy) is 3. The molecule has 9 fully saturated rings. The highest BCUT2D eigenvalue weighted by Crippen LogP contribution is 2.58. The molecule has 596 valence electrons. The Hall–Kier alpha value is -4.01. The highest BCUT2D eigenvalue weighted by molar-refractivity contribution is 6.46. The fourth-order valence-corrected chi connectivity index (χ4v) is 19.6. The van der Waals surface area contributed by atoms with E-state index in [-0.39, 0.29) is 80.0 Å². The topological polar surface area (TPSA) is 292 Å². The normalized spacial score (nSPS) is 29.9. The van der Waals surface area contributed by atoms with Gasteiger partial charge in [0, 0.05) is 96.6 Å². The van der Waals surface area contributed by atoms with E-state index in [2.05, 4.69) is 49.0 Å². The van der Waals surface area contributed by atoms with Crippen molar-refractivity contribution in [2.24, 2.45) is 16.2 Å². The molecule has 9 heterocycles. The van der Waals surface area contributed by atoms with E-state index >= 15 is 0 Å². The molecule has 8 atom stereocenters. The quantitative estimate of drug-likeness (QED) is 0.0162. The third-order valence-electron chi connectivity index (χ3n) is 25.8. The number of carbonyl (C=O) groups is 4. The number of nitrogens with one attached hydrogen (secondary N) is 4. The lowest BCUT2D eigenvalue weighted by Crippen LogP contribution is -2.65. The van der Waals surface area contributed by atoms with Crippen molar-refractivity contribution in [3.8, 4) is 0 Å². The molecule has 0 spiro atoms. The largest absolute Gasteiger partial charge is 0.468 e. The molecule has 0 amide bonds. The van der Waals surface area contributed by atoms with Gasteiger partial charge < -0.3 is 58.1 Å². The molecule has 0 saturated carbocycles. The van der Waals surface area contributed by atoms with E-state index in [4.69, 9.17) is 112 Å². The second-order valence-corrected chi connectivity index (χ2v) is 35.6. The monoisotopic (exact) mass is 1620 g/mol. The molecular weight excluding hydrogens is 1520 g/mol. The highest BCUT2D eigenvalue weighted by atomic mass is 35.5. The summed E-state index contributed by atoms with van der Waals surface area (Å²) in [5.74, 6) is -1.01. The van der Waals surface area contributed by atoms with Crippen LogP contribution in [0.4, 0.5) is 0 Å². The zero-order valence-electron chi connectivity index (χ0n) is 64.9. The van der Waals surface area contributed by atoms with Crippen LogP contribution in [0.5, 0.6) is 0 Å². The van der Waals surface area contributed by atoms with Gasteiger partial charge in [0.15, 0.2) is 6.29 Å². The molecule has 12 rings (SSSR count). The summed E-state index contributed by atoms with van der Waals surface area (Å²) in [7, 11) is 3.28. The van der Waals surface area contributed by atoms with Gasteiger partial charge in [0.05, 0.1) is 76.6 Å². The number of halogens is 6. The first-order valence-corrected chi connectivity index (χ1v) is 39.5. The SMILES string of the molecule is COC(=O)[C@@]12NCC[C@]1(CCCB1OC(C)(C)C(C)(C)O1)CN(Cc1c(Cl)cccc1Cl)[C@@H]2C[N+](=O)[O-].COC(=O)[C@]12CN(Cc3c(Cl)cccc3Cl)C(C[N+](=O)[O-])[C@@]1(CCCB1OC(C)(C)C(C)(C)O1)CCN2.COC(=O)[C@]12CNC[C@@]1(CCCB1OC(C)(C)C(C)(C)O1)CCN2.O=Cc1c(Cl)cccc1Cl. The summed E-state index contributed by atoms with van der Waals surface area (Å²) in [6.07, 6.45) is 9.62. The third-order valence-corrected chi connectivity index (χ3v) is 27.9.